The van der Waals surface area contributed by atoms with E-state index in [1.807, 2.05) is 11.5 Å². The van der Waals surface area contributed by atoms with Crippen LogP contribution in [0.2, 0.25) is 0 Å². The second-order valence-electron chi connectivity index (χ2n) is 4.66. The highest BCUT2D eigenvalue weighted by atomic mass is 19.1. The van der Waals surface area contributed by atoms with Crippen LogP contribution in [0.1, 0.15) is 32.5 Å². The monoisotopic (exact) mass is 249 g/mol. The quantitative estimate of drug-likeness (QED) is 0.885. The highest BCUT2D eigenvalue weighted by Crippen LogP contribution is 2.19. The molecule has 2 N–H and O–H groups in total. The van der Waals surface area contributed by atoms with Crippen LogP contribution in [0.4, 0.5) is 4.39 Å². The molecule has 0 bridgehead atoms. The van der Waals surface area contributed by atoms with E-state index >= 15 is 0 Å². The number of hydrogen-bond donors (Lipinski definition) is 1. The fourth-order valence-corrected chi connectivity index (χ4v) is 2.36. The third-order valence-corrected chi connectivity index (χ3v) is 3.21. The molecular formula is C14H20FN3. The lowest BCUT2D eigenvalue weighted by molar-refractivity contribution is 0.566. The van der Waals surface area contributed by atoms with Crippen LogP contribution >= 0.6 is 0 Å². The number of nitrogens with zero attached hydrogens (tertiary/aromatic N) is 2. The molecule has 0 saturated carbocycles. The largest absolute Gasteiger partial charge is 0.328 e. The van der Waals surface area contributed by atoms with Gasteiger partial charge in [-0.15, -0.1) is 0 Å². The summed E-state index contributed by atoms with van der Waals surface area (Å²) in [7, 11) is 0. The van der Waals surface area contributed by atoms with Gasteiger partial charge in [-0.05, 0) is 31.5 Å². The van der Waals surface area contributed by atoms with E-state index < -0.39 is 0 Å². The summed E-state index contributed by atoms with van der Waals surface area (Å²) in [4.78, 5) is 4.56. The zero-order valence-corrected chi connectivity index (χ0v) is 11.0. The molecule has 0 radical (unpaired) electrons. The predicted molar refractivity (Wildman–Crippen MR) is 72.0 cm³/mol. The van der Waals surface area contributed by atoms with E-state index in [2.05, 4.69) is 11.9 Å². The van der Waals surface area contributed by atoms with Crippen LogP contribution in [-0.4, -0.2) is 15.6 Å². The second kappa shape index (κ2) is 5.48. The maximum absolute atomic E-state index is 13.3. The molecule has 0 aliphatic heterocycles. The highest BCUT2D eigenvalue weighted by Gasteiger charge is 2.13. The molecule has 1 heterocycles. The first kappa shape index (κ1) is 13.0. The van der Waals surface area contributed by atoms with E-state index in [1.54, 1.807) is 12.1 Å². The zero-order chi connectivity index (χ0) is 13.1. The number of nitrogens with two attached hydrogens (primary N) is 1. The van der Waals surface area contributed by atoms with Crippen LogP contribution in [0.3, 0.4) is 0 Å². The van der Waals surface area contributed by atoms with Crippen molar-refractivity contribution in [3.8, 4) is 0 Å². The third kappa shape index (κ3) is 2.53. The van der Waals surface area contributed by atoms with Gasteiger partial charge in [0.25, 0.3) is 0 Å². The summed E-state index contributed by atoms with van der Waals surface area (Å²) in [6.45, 7) is 4.95. The summed E-state index contributed by atoms with van der Waals surface area (Å²) in [5, 5.41) is 0. The Labute approximate surface area is 107 Å². The molecule has 0 aliphatic rings. The molecule has 3 nitrogen and oxygen atoms in total. The Kier molecular flexibility index (Phi) is 3.97. The molecule has 0 amide bonds. The summed E-state index contributed by atoms with van der Waals surface area (Å²) >= 11 is 0. The first-order chi connectivity index (χ1) is 8.65. The normalized spacial score (nSPS) is 13.1. The molecule has 1 aromatic carbocycles. The zero-order valence-electron chi connectivity index (χ0n) is 11.0. The van der Waals surface area contributed by atoms with Crippen molar-refractivity contribution < 1.29 is 4.39 Å². The Hall–Kier alpha value is -1.42. The van der Waals surface area contributed by atoms with Gasteiger partial charge in [-0.2, -0.15) is 0 Å². The number of halogens is 1. The topological polar surface area (TPSA) is 43.8 Å². The average Bonchev–Trinajstić information content (AvgIpc) is 2.65. The van der Waals surface area contributed by atoms with E-state index in [4.69, 9.17) is 5.73 Å². The average molecular weight is 249 g/mol. The van der Waals surface area contributed by atoms with E-state index in [9.17, 15) is 4.39 Å². The number of benzene rings is 1. The van der Waals surface area contributed by atoms with Gasteiger partial charge in [0.05, 0.1) is 11.0 Å². The van der Waals surface area contributed by atoms with Gasteiger partial charge in [-0.25, -0.2) is 9.37 Å². The number of fused-ring (bicyclic) bond motifs is 1. The van der Waals surface area contributed by atoms with Crippen molar-refractivity contribution in [1.82, 2.24) is 9.55 Å². The molecule has 0 aliphatic carbocycles. The first-order valence-corrected chi connectivity index (χ1v) is 6.56. The SMILES string of the molecule is CCCC(N)Cc1nc2ccc(F)cc2n1CC. The maximum Gasteiger partial charge on any atom is 0.125 e. The molecule has 4 heteroatoms. The fraction of sp³-hybridized carbons (Fsp3) is 0.500. The minimum absolute atomic E-state index is 0.127. The Morgan fingerprint density at radius 1 is 1.39 bits per heavy atom. The van der Waals surface area contributed by atoms with Crippen LogP contribution in [0, 0.1) is 5.82 Å². The smallest absolute Gasteiger partial charge is 0.125 e. The fourth-order valence-electron chi connectivity index (χ4n) is 2.36. The van der Waals surface area contributed by atoms with Gasteiger partial charge in [0.1, 0.15) is 11.6 Å². The van der Waals surface area contributed by atoms with Crippen molar-refractivity contribution in [2.75, 3.05) is 0 Å². The lowest BCUT2D eigenvalue weighted by Crippen LogP contribution is -2.24. The predicted octanol–water partition coefficient (Wildman–Crippen LogP) is 2.87. The van der Waals surface area contributed by atoms with E-state index in [0.717, 1.165) is 42.7 Å². The lowest BCUT2D eigenvalue weighted by Gasteiger charge is -2.11. The van der Waals surface area contributed by atoms with Gasteiger partial charge in [0.15, 0.2) is 0 Å². The summed E-state index contributed by atoms with van der Waals surface area (Å²) in [6, 6.07) is 4.85. The van der Waals surface area contributed by atoms with Crippen LogP contribution in [-0.2, 0) is 13.0 Å². The summed E-state index contributed by atoms with van der Waals surface area (Å²) < 4.78 is 15.3. The second-order valence-corrected chi connectivity index (χ2v) is 4.66. The summed E-state index contributed by atoms with van der Waals surface area (Å²) in [5.74, 6) is 0.737. The standard InChI is InChI=1S/C14H20FN3/c1-3-5-11(16)9-14-17-12-7-6-10(15)8-13(12)18(14)4-2/h6-8,11H,3-5,9,16H2,1-2H3. The first-order valence-electron chi connectivity index (χ1n) is 6.56. The molecule has 98 valence electrons. The van der Waals surface area contributed by atoms with Crippen molar-refractivity contribution in [3.63, 3.8) is 0 Å². The molecule has 0 fully saturated rings. The van der Waals surface area contributed by atoms with Gasteiger partial charge < -0.3 is 10.3 Å². The van der Waals surface area contributed by atoms with E-state index in [0.29, 0.717) is 0 Å². The van der Waals surface area contributed by atoms with Crippen molar-refractivity contribution in [2.45, 2.75) is 45.7 Å². The molecule has 2 rings (SSSR count). The van der Waals surface area contributed by atoms with Crippen LogP contribution in [0.5, 0.6) is 0 Å². The number of imidazole rings is 1. The molecule has 0 saturated heterocycles. The minimum Gasteiger partial charge on any atom is -0.328 e. The van der Waals surface area contributed by atoms with E-state index in [-0.39, 0.29) is 11.9 Å². The molecular weight excluding hydrogens is 229 g/mol. The Bertz CT molecular complexity index is 533. The highest BCUT2D eigenvalue weighted by molar-refractivity contribution is 5.76. The molecule has 0 spiro atoms. The summed E-state index contributed by atoms with van der Waals surface area (Å²) in [6.07, 6.45) is 2.81. The van der Waals surface area contributed by atoms with Gasteiger partial charge in [-0.3, -0.25) is 0 Å². The molecule has 1 atom stereocenters. The Morgan fingerprint density at radius 2 is 2.17 bits per heavy atom. The number of aryl methyl sites for hydroxylation is 1. The van der Waals surface area contributed by atoms with Gasteiger partial charge >= 0.3 is 0 Å². The maximum atomic E-state index is 13.3. The van der Waals surface area contributed by atoms with Crippen molar-refractivity contribution >= 4 is 11.0 Å². The number of aromatic nitrogens is 2. The minimum atomic E-state index is -0.221. The molecule has 18 heavy (non-hydrogen) atoms. The number of rotatable bonds is 5. The molecule has 1 aromatic heterocycles. The van der Waals surface area contributed by atoms with Crippen molar-refractivity contribution in [2.24, 2.45) is 5.73 Å². The summed E-state index contributed by atoms with van der Waals surface area (Å²) in [5.41, 5.74) is 7.77. The van der Waals surface area contributed by atoms with Gasteiger partial charge in [0.2, 0.25) is 0 Å². The van der Waals surface area contributed by atoms with E-state index in [1.165, 1.54) is 6.07 Å². The van der Waals surface area contributed by atoms with Gasteiger partial charge in [-0.1, -0.05) is 13.3 Å². The lowest BCUT2D eigenvalue weighted by atomic mass is 10.1. The van der Waals surface area contributed by atoms with Crippen LogP contribution < -0.4 is 5.73 Å². The molecule has 1 unspecified atom stereocenters. The van der Waals surface area contributed by atoms with Gasteiger partial charge in [0, 0.05) is 19.0 Å². The van der Waals surface area contributed by atoms with Crippen molar-refractivity contribution in [1.29, 1.82) is 0 Å². The third-order valence-electron chi connectivity index (χ3n) is 3.21. The molecule has 2 aromatic rings. The van der Waals surface area contributed by atoms with Crippen LogP contribution in [0.15, 0.2) is 18.2 Å². The Balaban J connectivity index is 2.38. The number of hydrogen-bond acceptors (Lipinski definition) is 2. The van der Waals surface area contributed by atoms with Crippen LogP contribution in [0.25, 0.3) is 11.0 Å². The van der Waals surface area contributed by atoms with Crippen molar-refractivity contribution in [3.05, 3.63) is 29.8 Å². The Morgan fingerprint density at radius 3 is 2.83 bits per heavy atom.